The van der Waals surface area contributed by atoms with E-state index >= 15 is 0 Å². The molecule has 4 fully saturated rings. The first-order chi connectivity index (χ1) is 22.6. The maximum atomic E-state index is 13.7. The van der Waals surface area contributed by atoms with Gasteiger partial charge in [0.1, 0.15) is 70.4 Å². The van der Waals surface area contributed by atoms with Gasteiger partial charge >= 0.3 is 5.97 Å². The van der Waals surface area contributed by atoms with Gasteiger partial charge in [-0.1, -0.05) is 43.3 Å². The first-order valence-electron chi connectivity index (χ1n) is 16.8. The number of carbonyl (C=O) groups is 3. The third kappa shape index (κ3) is 5.56. The third-order valence-corrected chi connectivity index (χ3v) is 11.8. The first-order valence-corrected chi connectivity index (χ1v) is 16.8. The van der Waals surface area contributed by atoms with Crippen LogP contribution in [0.1, 0.15) is 40.9 Å². The van der Waals surface area contributed by atoms with Crippen LogP contribution in [-0.2, 0) is 16.1 Å². The van der Waals surface area contributed by atoms with Crippen LogP contribution in [-0.4, -0.2) is 106 Å². The summed E-state index contributed by atoms with van der Waals surface area (Å²) in [6, 6.07) is 21.4. The Morgan fingerprint density at radius 3 is 2.18 bits per heavy atom. The van der Waals surface area contributed by atoms with E-state index in [9.17, 15) is 24.6 Å². The molecule has 0 radical (unpaired) electrons. The maximum absolute atomic E-state index is 13.7. The van der Waals surface area contributed by atoms with Gasteiger partial charge in [0.15, 0.2) is 5.78 Å². The molecule has 3 aromatic carbocycles. The third-order valence-electron chi connectivity index (χ3n) is 11.8. The minimum Gasteiger partial charge on any atom is -1.00 e. The van der Waals surface area contributed by atoms with Gasteiger partial charge in [-0.05, 0) is 59.5 Å². The number of ketones is 1. The van der Waals surface area contributed by atoms with Gasteiger partial charge in [0.05, 0.1) is 18.1 Å². The number of aliphatic hydroxyl groups is 1. The smallest absolute Gasteiger partial charge is 0.352 e. The summed E-state index contributed by atoms with van der Waals surface area (Å²) in [6.07, 6.45) is -0.860. The number of nitrogens with zero attached hydrogens (tertiary/aromatic N) is 3. The Hall–Kier alpha value is -3.73. The number of amides is 1. The molecule has 49 heavy (non-hydrogen) atoms. The van der Waals surface area contributed by atoms with Crippen molar-refractivity contribution in [1.82, 2.24) is 4.90 Å². The van der Waals surface area contributed by atoms with Crippen LogP contribution in [0.15, 0.2) is 72.4 Å². The molecule has 0 unspecified atom stereocenters. The predicted molar refractivity (Wildman–Crippen MR) is 175 cm³/mol. The number of β-lactam (4-membered cyclic amide) rings is 1. The second-order valence-corrected chi connectivity index (χ2v) is 14.4. The number of carboxylic acid groups (broad SMARTS) is 1. The fourth-order valence-electron chi connectivity index (χ4n) is 9.12. The molecule has 4 atom stereocenters. The summed E-state index contributed by atoms with van der Waals surface area (Å²) in [4.78, 5) is 40.3. The topological polar surface area (TPSA) is 104 Å². The number of benzene rings is 3. The van der Waals surface area contributed by atoms with Crippen molar-refractivity contribution in [2.45, 2.75) is 32.5 Å². The Morgan fingerprint density at radius 2 is 1.53 bits per heavy atom. The lowest BCUT2D eigenvalue weighted by Crippen LogP contribution is -3.00. The molecular weight excluding hydrogens is 665 g/mol. The van der Waals surface area contributed by atoms with Gasteiger partial charge in [0.2, 0.25) is 5.91 Å². The minimum atomic E-state index is -1.16. The van der Waals surface area contributed by atoms with Crippen LogP contribution < -0.4 is 29.6 Å². The molecule has 9 rings (SSSR count). The van der Waals surface area contributed by atoms with Gasteiger partial charge in [-0.25, -0.2) is 4.79 Å². The van der Waals surface area contributed by atoms with Crippen LogP contribution in [0.4, 0.5) is 0 Å². The number of hydrogen-bond donors (Lipinski definition) is 2. The predicted octanol–water partition coefficient (Wildman–Crippen LogP) is -2.20. The quantitative estimate of drug-likeness (QED) is 0.152. The highest BCUT2D eigenvalue weighted by Gasteiger charge is 2.60. The van der Waals surface area contributed by atoms with Gasteiger partial charge in [0.25, 0.3) is 0 Å². The molecule has 0 spiro atoms. The number of carboxylic acids is 1. The molecule has 0 aromatic heterocycles. The van der Waals surface area contributed by atoms with Crippen LogP contribution in [0.5, 0.6) is 5.75 Å². The number of aliphatic carboxylic acids is 1. The zero-order valence-corrected chi connectivity index (χ0v) is 29.2. The Morgan fingerprint density at radius 1 is 0.878 bits per heavy atom. The number of ether oxygens (including phenoxy) is 1. The van der Waals surface area contributed by atoms with E-state index in [0.717, 1.165) is 84.8 Å². The summed E-state index contributed by atoms with van der Waals surface area (Å²) in [7, 11) is 0. The summed E-state index contributed by atoms with van der Waals surface area (Å²) < 4.78 is 8.21. The number of carbonyl (C=O) groups excluding carboxylic acids is 2. The monoisotopic (exact) mass is 705 g/mol. The zero-order chi connectivity index (χ0) is 32.7. The van der Waals surface area contributed by atoms with Gasteiger partial charge < -0.3 is 53.6 Å². The van der Waals surface area contributed by atoms with E-state index in [0.29, 0.717) is 22.3 Å². The number of para-hydroxylation sites is 1. The number of quaternary nitrogens is 2. The SMILES string of the molecule is C[C@@H](O)[C@H]1C(=O)N2C(C(=O)O)=C(c3ccc4c(c3)-c3ccc(C[N+]56CC[N+](CCOc7ccccc7)(CC5)CC6)cc3C4=O)[C@H](C)[C@H]12.[Cl-].[Cl-]. The molecule has 5 heterocycles. The average Bonchev–Trinajstić information content (AvgIpc) is 3.49. The highest BCUT2D eigenvalue weighted by molar-refractivity contribution is 6.22. The minimum absolute atomic E-state index is 0. The van der Waals surface area contributed by atoms with Crippen LogP contribution in [0.3, 0.4) is 0 Å². The first kappa shape index (κ1) is 35.1. The second kappa shape index (κ2) is 12.9. The van der Waals surface area contributed by atoms with Crippen molar-refractivity contribution in [2.24, 2.45) is 11.8 Å². The van der Waals surface area contributed by atoms with Crippen molar-refractivity contribution in [3.63, 3.8) is 0 Å². The molecule has 3 aromatic rings. The lowest BCUT2D eigenvalue weighted by atomic mass is 9.76. The largest absolute Gasteiger partial charge is 1.00 e. The Kier molecular flexibility index (Phi) is 9.22. The van der Waals surface area contributed by atoms with E-state index in [2.05, 4.69) is 18.2 Å². The second-order valence-electron chi connectivity index (χ2n) is 14.4. The lowest BCUT2D eigenvalue weighted by molar-refractivity contribution is -1.09. The molecule has 258 valence electrons. The Labute approximate surface area is 298 Å². The molecule has 2 N–H and O–H groups in total. The van der Waals surface area contributed by atoms with E-state index < -0.39 is 24.0 Å². The molecular formula is C38H41Cl2N3O6. The van der Waals surface area contributed by atoms with Crippen molar-refractivity contribution < 1.29 is 63.1 Å². The number of fused-ring (bicyclic) bond motifs is 7. The van der Waals surface area contributed by atoms with Crippen molar-refractivity contribution >= 4 is 23.2 Å². The lowest BCUT2D eigenvalue weighted by Gasteiger charge is -2.55. The van der Waals surface area contributed by atoms with Gasteiger partial charge in [-0.3, -0.25) is 9.59 Å². The molecule has 1 amide bonds. The summed E-state index contributed by atoms with van der Waals surface area (Å²) in [5.74, 6) is -1.48. The standard InChI is InChI=1S/C38H40N3O6.2ClH/c1-23-32(35(38(45)46)39-34(23)33(24(2)42)37(39)44)26-9-11-29-30(21-26)28-10-8-25(20-31(28)36(29)43)22-41-15-12-40(13-16-41,14-17-41)18-19-47-27-6-4-3-5-7-27;;/h3-11,20-21,23-24,33-34,42H,12-19,22H2,1-2H3;2*1H/q+1;;/p-1/t23-,24+,33+,34+,40?,41?;;/m0../s1. The summed E-state index contributed by atoms with van der Waals surface area (Å²) in [5, 5.41) is 20.4. The number of halogens is 2. The number of aliphatic hydroxyl groups excluding tert-OH is 1. The average molecular weight is 707 g/mol. The molecule has 9 nitrogen and oxygen atoms in total. The summed E-state index contributed by atoms with van der Waals surface area (Å²) >= 11 is 0. The Balaban J connectivity index is 0.00000208. The van der Waals surface area contributed by atoms with Crippen LogP contribution in [0, 0.1) is 11.8 Å². The van der Waals surface area contributed by atoms with E-state index in [1.54, 1.807) is 19.1 Å². The van der Waals surface area contributed by atoms with E-state index in [-0.39, 0.29) is 48.1 Å². The van der Waals surface area contributed by atoms with E-state index in [4.69, 9.17) is 4.74 Å². The van der Waals surface area contributed by atoms with E-state index in [1.807, 2.05) is 43.3 Å². The molecule has 6 aliphatic rings. The van der Waals surface area contributed by atoms with Crippen LogP contribution in [0.25, 0.3) is 16.7 Å². The van der Waals surface area contributed by atoms with Crippen LogP contribution in [0.2, 0.25) is 0 Å². The summed E-state index contributed by atoms with van der Waals surface area (Å²) in [5.41, 5.74) is 5.41. The van der Waals surface area contributed by atoms with Crippen LogP contribution >= 0.6 is 0 Å². The molecule has 11 heteroatoms. The van der Waals surface area contributed by atoms with Gasteiger partial charge in [-0.15, -0.1) is 0 Å². The number of rotatable bonds is 9. The fraction of sp³-hybridized carbons (Fsp3) is 0.395. The zero-order valence-electron chi connectivity index (χ0n) is 27.6. The summed E-state index contributed by atoms with van der Waals surface area (Å²) in [6.45, 7) is 13.0. The molecule has 0 saturated carbocycles. The van der Waals surface area contributed by atoms with Crippen molar-refractivity contribution in [3.8, 4) is 16.9 Å². The van der Waals surface area contributed by atoms with Crippen molar-refractivity contribution in [1.29, 1.82) is 0 Å². The number of piperazine rings is 3. The Bertz CT molecular complexity index is 1840. The fourth-order valence-corrected chi connectivity index (χ4v) is 9.12. The van der Waals surface area contributed by atoms with Gasteiger partial charge in [0, 0.05) is 22.6 Å². The molecule has 5 aliphatic heterocycles. The molecule has 2 bridgehead atoms. The normalized spacial score (nSPS) is 28.1. The molecule has 1 aliphatic carbocycles. The van der Waals surface area contributed by atoms with Gasteiger partial charge in [-0.2, -0.15) is 0 Å². The highest BCUT2D eigenvalue weighted by Crippen LogP contribution is 2.51. The molecule has 4 saturated heterocycles. The number of hydrogen-bond acceptors (Lipinski definition) is 5. The maximum Gasteiger partial charge on any atom is 0.352 e. The van der Waals surface area contributed by atoms with Crippen molar-refractivity contribution in [2.75, 3.05) is 52.4 Å². The van der Waals surface area contributed by atoms with Crippen molar-refractivity contribution in [3.05, 3.63) is 94.7 Å². The van der Waals surface area contributed by atoms with E-state index in [1.165, 1.54) is 10.5 Å². The highest BCUT2D eigenvalue weighted by atomic mass is 35.5.